The molecule has 0 aliphatic heterocycles. The number of nitrogens with one attached hydrogen (secondary N) is 1. The number of benzene rings is 1. The zero-order valence-electron chi connectivity index (χ0n) is 11.0. The van der Waals surface area contributed by atoms with E-state index in [0.717, 1.165) is 11.1 Å². The first-order chi connectivity index (χ1) is 10.3. The topological polar surface area (TPSA) is 98.8 Å². The average molecular weight is 304 g/mol. The molecular formula is C12H12N6O2S. The second kappa shape index (κ2) is 5.83. The summed E-state index contributed by atoms with van der Waals surface area (Å²) < 4.78 is 2.54. The lowest BCUT2D eigenvalue weighted by molar-refractivity contribution is -0.382. The van der Waals surface area contributed by atoms with Crippen molar-refractivity contribution in [3.8, 4) is 0 Å². The SMILES string of the molecule is O=[N+]([O-])c1c(NCCCn2ccnn2)ccc2scnc12. The number of nitro benzene ring substituents is 1. The first kappa shape index (κ1) is 13.4. The van der Waals surface area contributed by atoms with E-state index in [1.807, 2.05) is 6.07 Å². The third-order valence-corrected chi connectivity index (χ3v) is 3.80. The van der Waals surface area contributed by atoms with Gasteiger partial charge >= 0.3 is 5.69 Å². The highest BCUT2D eigenvalue weighted by Crippen LogP contribution is 2.34. The van der Waals surface area contributed by atoms with Gasteiger partial charge in [-0.25, -0.2) is 4.98 Å². The van der Waals surface area contributed by atoms with Crippen LogP contribution in [0.25, 0.3) is 10.2 Å². The Morgan fingerprint density at radius 3 is 3.10 bits per heavy atom. The number of hydrogen-bond acceptors (Lipinski definition) is 7. The maximum Gasteiger partial charge on any atom is 0.319 e. The Kier molecular flexibility index (Phi) is 3.73. The number of thiazole rings is 1. The van der Waals surface area contributed by atoms with Crippen molar-refractivity contribution in [1.82, 2.24) is 20.0 Å². The van der Waals surface area contributed by atoms with E-state index in [9.17, 15) is 10.1 Å². The first-order valence-electron chi connectivity index (χ1n) is 6.34. The van der Waals surface area contributed by atoms with Crippen molar-refractivity contribution in [3.63, 3.8) is 0 Å². The van der Waals surface area contributed by atoms with E-state index in [2.05, 4.69) is 20.6 Å². The minimum absolute atomic E-state index is 0.0366. The lowest BCUT2D eigenvalue weighted by atomic mass is 10.2. The third-order valence-electron chi connectivity index (χ3n) is 3.01. The lowest BCUT2D eigenvalue weighted by Gasteiger charge is -2.07. The van der Waals surface area contributed by atoms with Crippen molar-refractivity contribution in [2.45, 2.75) is 13.0 Å². The summed E-state index contributed by atoms with van der Waals surface area (Å²) in [6.45, 7) is 1.32. The van der Waals surface area contributed by atoms with E-state index in [0.29, 0.717) is 24.3 Å². The van der Waals surface area contributed by atoms with E-state index in [1.165, 1.54) is 11.3 Å². The van der Waals surface area contributed by atoms with E-state index in [4.69, 9.17) is 0 Å². The number of aryl methyl sites for hydroxylation is 1. The van der Waals surface area contributed by atoms with Crippen molar-refractivity contribution in [2.75, 3.05) is 11.9 Å². The largest absolute Gasteiger partial charge is 0.379 e. The van der Waals surface area contributed by atoms with Crippen LogP contribution >= 0.6 is 11.3 Å². The predicted octanol–water partition coefficient (Wildman–Crippen LogP) is 2.30. The summed E-state index contributed by atoms with van der Waals surface area (Å²) in [7, 11) is 0. The number of aromatic nitrogens is 4. The molecule has 0 atom stereocenters. The highest BCUT2D eigenvalue weighted by Gasteiger charge is 2.20. The van der Waals surface area contributed by atoms with Gasteiger partial charge in [0.25, 0.3) is 0 Å². The quantitative estimate of drug-likeness (QED) is 0.426. The van der Waals surface area contributed by atoms with Crippen molar-refractivity contribution in [2.24, 2.45) is 0 Å². The van der Waals surface area contributed by atoms with Gasteiger partial charge < -0.3 is 5.32 Å². The van der Waals surface area contributed by atoms with E-state index in [-0.39, 0.29) is 10.6 Å². The van der Waals surface area contributed by atoms with Gasteiger partial charge in [-0.1, -0.05) is 5.21 Å². The molecule has 3 aromatic rings. The minimum Gasteiger partial charge on any atom is -0.379 e. The molecule has 0 radical (unpaired) electrons. The highest BCUT2D eigenvalue weighted by atomic mass is 32.1. The summed E-state index contributed by atoms with van der Waals surface area (Å²) in [5.41, 5.74) is 2.59. The Morgan fingerprint density at radius 2 is 2.33 bits per heavy atom. The maximum absolute atomic E-state index is 11.3. The van der Waals surface area contributed by atoms with Gasteiger partial charge in [0.2, 0.25) is 0 Å². The summed E-state index contributed by atoms with van der Waals surface area (Å²) in [6, 6.07) is 3.58. The van der Waals surface area contributed by atoms with Crippen LogP contribution < -0.4 is 5.32 Å². The molecule has 2 heterocycles. The standard InChI is InChI=1S/C12H12N6O2S/c19-18(20)12-9(2-3-10-11(12)14-8-21-10)13-4-1-6-17-7-5-15-16-17/h2-3,5,7-8,13H,1,4,6H2. The number of nitrogens with zero attached hydrogens (tertiary/aromatic N) is 5. The first-order valence-corrected chi connectivity index (χ1v) is 7.22. The predicted molar refractivity (Wildman–Crippen MR) is 79.4 cm³/mol. The molecule has 0 aliphatic carbocycles. The molecule has 0 unspecified atom stereocenters. The monoisotopic (exact) mass is 304 g/mol. The fourth-order valence-electron chi connectivity index (χ4n) is 2.06. The van der Waals surface area contributed by atoms with Crippen LogP contribution in [0.4, 0.5) is 11.4 Å². The summed E-state index contributed by atoms with van der Waals surface area (Å²) in [4.78, 5) is 15.0. The number of anilines is 1. The Morgan fingerprint density at radius 1 is 1.43 bits per heavy atom. The van der Waals surface area contributed by atoms with Crippen molar-refractivity contribution in [3.05, 3.63) is 40.2 Å². The Labute approximate surface area is 123 Å². The molecule has 0 spiro atoms. The number of hydrogen-bond donors (Lipinski definition) is 1. The van der Waals surface area contributed by atoms with Gasteiger partial charge in [0.15, 0.2) is 5.52 Å². The van der Waals surface area contributed by atoms with Crippen molar-refractivity contribution < 1.29 is 4.92 Å². The summed E-state index contributed by atoms with van der Waals surface area (Å²) in [5.74, 6) is 0. The van der Waals surface area contributed by atoms with Crippen LogP contribution in [0.5, 0.6) is 0 Å². The van der Waals surface area contributed by atoms with Gasteiger partial charge in [0, 0.05) is 19.3 Å². The number of rotatable bonds is 6. The second-order valence-electron chi connectivity index (χ2n) is 4.36. The molecule has 8 nitrogen and oxygen atoms in total. The molecule has 0 saturated carbocycles. The molecule has 0 amide bonds. The van der Waals surface area contributed by atoms with Crippen LogP contribution in [-0.4, -0.2) is 31.4 Å². The third kappa shape index (κ3) is 2.82. The van der Waals surface area contributed by atoms with Crippen molar-refractivity contribution in [1.29, 1.82) is 0 Å². The Bertz CT molecular complexity index is 754. The maximum atomic E-state index is 11.3. The molecule has 2 aromatic heterocycles. The van der Waals surface area contributed by atoms with Crippen molar-refractivity contribution >= 4 is 32.9 Å². The Hall–Kier alpha value is -2.55. The molecule has 0 aliphatic rings. The van der Waals surface area contributed by atoms with Gasteiger partial charge in [0.1, 0.15) is 5.69 Å². The van der Waals surface area contributed by atoms with Crippen LogP contribution in [-0.2, 0) is 6.54 Å². The molecule has 108 valence electrons. The lowest BCUT2D eigenvalue weighted by Crippen LogP contribution is -2.08. The molecule has 3 rings (SSSR count). The zero-order valence-corrected chi connectivity index (χ0v) is 11.8. The molecule has 0 bridgehead atoms. The highest BCUT2D eigenvalue weighted by molar-refractivity contribution is 7.16. The molecule has 9 heteroatoms. The van der Waals surface area contributed by atoms with E-state index in [1.54, 1.807) is 28.7 Å². The smallest absolute Gasteiger partial charge is 0.319 e. The van der Waals surface area contributed by atoms with Gasteiger partial charge in [-0.15, -0.1) is 16.4 Å². The van der Waals surface area contributed by atoms with E-state index >= 15 is 0 Å². The summed E-state index contributed by atoms with van der Waals surface area (Å²) in [6.07, 6.45) is 4.19. The Balaban J connectivity index is 1.71. The van der Waals surface area contributed by atoms with Gasteiger partial charge in [-0.2, -0.15) is 0 Å². The summed E-state index contributed by atoms with van der Waals surface area (Å²) in [5, 5.41) is 21.9. The normalized spacial score (nSPS) is 10.9. The molecular weight excluding hydrogens is 292 g/mol. The van der Waals surface area contributed by atoms with Crippen LogP contribution in [0.1, 0.15) is 6.42 Å². The molecule has 1 N–H and O–H groups in total. The van der Waals surface area contributed by atoms with Gasteiger partial charge in [-0.05, 0) is 18.6 Å². The van der Waals surface area contributed by atoms with Crippen LogP contribution in [0.15, 0.2) is 30.0 Å². The van der Waals surface area contributed by atoms with Gasteiger partial charge in [0.05, 0.1) is 21.3 Å². The van der Waals surface area contributed by atoms with E-state index < -0.39 is 0 Å². The second-order valence-corrected chi connectivity index (χ2v) is 5.25. The van der Waals surface area contributed by atoms with Crippen LogP contribution in [0, 0.1) is 10.1 Å². The zero-order chi connectivity index (χ0) is 14.7. The average Bonchev–Trinajstić information content (AvgIpc) is 3.13. The fourth-order valence-corrected chi connectivity index (χ4v) is 2.74. The number of fused-ring (bicyclic) bond motifs is 1. The van der Waals surface area contributed by atoms with Gasteiger partial charge in [-0.3, -0.25) is 14.8 Å². The summed E-state index contributed by atoms with van der Waals surface area (Å²) >= 11 is 1.39. The molecule has 1 aromatic carbocycles. The van der Waals surface area contributed by atoms with Crippen LogP contribution in [0.2, 0.25) is 0 Å². The fraction of sp³-hybridized carbons (Fsp3) is 0.250. The molecule has 21 heavy (non-hydrogen) atoms. The number of nitro groups is 1. The van der Waals surface area contributed by atoms with Crippen LogP contribution in [0.3, 0.4) is 0 Å². The minimum atomic E-state index is -0.387. The molecule has 0 fully saturated rings. The molecule has 0 saturated heterocycles.